The molecule has 0 amide bonds. The molecule has 0 aromatic rings. The average Bonchev–Trinajstić information content (AvgIpc) is 3.41. The van der Waals surface area contributed by atoms with Crippen molar-refractivity contribution < 1.29 is 0 Å². The number of likely N-dealkylation sites (N-methyl/N-ethyl adjacent to an activating group) is 1. The largest absolute Gasteiger partial charge is 0.302 e. The summed E-state index contributed by atoms with van der Waals surface area (Å²) in [7, 11) is 2.27. The number of hydrogen-bond donors (Lipinski definition) is 1. The lowest BCUT2D eigenvalue weighted by Gasteiger charge is -2.32. The second-order valence-electron chi connectivity index (χ2n) is 12.0. The van der Waals surface area contributed by atoms with Crippen LogP contribution in [0.15, 0.2) is 72.4 Å². The molecule has 0 radical (unpaired) electrons. The maximum Gasteiger partial charge on any atom is 0.0568 e. The lowest BCUT2D eigenvalue weighted by molar-refractivity contribution is 0.237. The Morgan fingerprint density at radius 2 is 1.75 bits per heavy atom. The molecule has 40 heavy (non-hydrogen) atoms. The van der Waals surface area contributed by atoms with Gasteiger partial charge in [0.25, 0.3) is 0 Å². The summed E-state index contributed by atoms with van der Waals surface area (Å²) in [6.45, 7) is 19.9. The van der Waals surface area contributed by atoms with Crippen LogP contribution in [0.2, 0.25) is 0 Å². The van der Waals surface area contributed by atoms with E-state index >= 15 is 0 Å². The molecule has 1 N–H and O–H groups in total. The predicted molar refractivity (Wildman–Crippen MR) is 182 cm³/mol. The second kappa shape index (κ2) is 23.0. The van der Waals surface area contributed by atoms with Crippen LogP contribution in [0, 0.1) is 23.7 Å². The summed E-state index contributed by atoms with van der Waals surface area (Å²) in [5.41, 5.74) is 3.00. The molecule has 0 aromatic carbocycles. The third-order valence-corrected chi connectivity index (χ3v) is 8.77. The highest BCUT2D eigenvalue weighted by atomic mass is 15.2. The van der Waals surface area contributed by atoms with Crippen LogP contribution >= 0.6 is 0 Å². The standard InChI is InChI=1S/C38H66N2/c1-9-14-17-19-21-30-39-33(7)40(8)31-34(24-20-18-15-10-2)28-29-36-26-22-27-38(36)37(13-5)32(6)35(23-12-4)25-16-11-3/h9,16,22-25,27-29,32-33,36-39H,1,10-15,17-21,26,30-31H2,2-8H3/b25-16-,29-28-,34-24-,35-23+. The SMILES string of the molecule is C=CCCCCCNC(C)N(C)CC(/C=C\C1CC=CC1C(CC)C(C)C(/C=C\CC)=C/CC)=C\CCCCC. The van der Waals surface area contributed by atoms with Gasteiger partial charge in [0.15, 0.2) is 0 Å². The van der Waals surface area contributed by atoms with Gasteiger partial charge in [-0.2, -0.15) is 0 Å². The molecule has 1 aliphatic rings. The van der Waals surface area contributed by atoms with Crippen molar-refractivity contribution in [2.45, 2.75) is 125 Å². The Labute approximate surface area is 250 Å². The van der Waals surface area contributed by atoms with Gasteiger partial charge in [0.1, 0.15) is 0 Å². The molecule has 0 heterocycles. The smallest absolute Gasteiger partial charge is 0.0568 e. The molecule has 228 valence electrons. The minimum absolute atomic E-state index is 0.373. The van der Waals surface area contributed by atoms with E-state index in [9.17, 15) is 0 Å². The van der Waals surface area contributed by atoms with E-state index in [1.807, 2.05) is 6.08 Å². The molecule has 0 saturated heterocycles. The monoisotopic (exact) mass is 551 g/mol. The number of unbranched alkanes of at least 4 members (excludes halogenated alkanes) is 6. The maximum atomic E-state index is 3.84. The van der Waals surface area contributed by atoms with Gasteiger partial charge in [-0.25, -0.2) is 0 Å². The summed E-state index contributed by atoms with van der Waals surface area (Å²) >= 11 is 0. The molecule has 5 atom stereocenters. The Hall–Kier alpha value is -1.64. The third-order valence-electron chi connectivity index (χ3n) is 8.77. The second-order valence-corrected chi connectivity index (χ2v) is 12.0. The van der Waals surface area contributed by atoms with Gasteiger partial charge in [0.2, 0.25) is 0 Å². The fraction of sp³-hybridized carbons (Fsp3) is 0.684. The van der Waals surface area contributed by atoms with Crippen molar-refractivity contribution in [3.8, 4) is 0 Å². The Bertz CT molecular complexity index is 798. The topological polar surface area (TPSA) is 15.3 Å². The summed E-state index contributed by atoms with van der Waals surface area (Å²) in [4.78, 5) is 2.48. The van der Waals surface area contributed by atoms with E-state index in [0.29, 0.717) is 29.8 Å². The van der Waals surface area contributed by atoms with Crippen molar-refractivity contribution in [1.82, 2.24) is 10.2 Å². The first-order chi connectivity index (χ1) is 19.4. The number of nitrogens with one attached hydrogen (secondary N) is 1. The third kappa shape index (κ3) is 14.3. The molecule has 0 aromatic heterocycles. The van der Waals surface area contributed by atoms with E-state index in [0.717, 1.165) is 32.4 Å². The summed E-state index contributed by atoms with van der Waals surface area (Å²) in [6, 6.07) is 0. The highest BCUT2D eigenvalue weighted by Gasteiger charge is 2.32. The first-order valence-corrected chi connectivity index (χ1v) is 16.9. The van der Waals surface area contributed by atoms with Gasteiger partial charge >= 0.3 is 0 Å². The molecule has 1 aliphatic carbocycles. The van der Waals surface area contributed by atoms with Gasteiger partial charge < -0.3 is 5.32 Å². The molecule has 2 heteroatoms. The van der Waals surface area contributed by atoms with Gasteiger partial charge in [-0.05, 0) is 107 Å². The number of hydrogen-bond acceptors (Lipinski definition) is 2. The Balaban J connectivity index is 2.93. The van der Waals surface area contributed by atoms with E-state index in [1.54, 1.807) is 0 Å². The summed E-state index contributed by atoms with van der Waals surface area (Å²) in [6.07, 6.45) is 36.7. The Morgan fingerprint density at radius 1 is 0.975 bits per heavy atom. The number of rotatable bonds is 23. The quantitative estimate of drug-likeness (QED) is 0.0589. The lowest BCUT2D eigenvalue weighted by atomic mass is 9.72. The van der Waals surface area contributed by atoms with Crippen LogP contribution in [-0.4, -0.2) is 31.2 Å². The Morgan fingerprint density at radius 3 is 2.42 bits per heavy atom. The van der Waals surface area contributed by atoms with Crippen LogP contribution in [0.4, 0.5) is 0 Å². The molecule has 1 rings (SSSR count). The fourth-order valence-corrected chi connectivity index (χ4v) is 6.06. The predicted octanol–water partition coefficient (Wildman–Crippen LogP) is 10.8. The van der Waals surface area contributed by atoms with Crippen LogP contribution in [0.25, 0.3) is 0 Å². The van der Waals surface area contributed by atoms with E-state index in [4.69, 9.17) is 0 Å². The van der Waals surface area contributed by atoms with Crippen molar-refractivity contribution in [2.75, 3.05) is 20.1 Å². The number of nitrogens with zero attached hydrogens (tertiary/aromatic N) is 1. The van der Waals surface area contributed by atoms with Gasteiger partial charge in [-0.15, -0.1) is 6.58 Å². The molecule has 2 nitrogen and oxygen atoms in total. The zero-order valence-electron chi connectivity index (χ0n) is 27.6. The van der Waals surface area contributed by atoms with E-state index < -0.39 is 0 Å². The minimum Gasteiger partial charge on any atom is -0.302 e. The molecule has 0 aliphatic heterocycles. The normalized spacial score (nSPS) is 20.7. The van der Waals surface area contributed by atoms with Gasteiger partial charge in [0.05, 0.1) is 6.17 Å². The van der Waals surface area contributed by atoms with Crippen molar-refractivity contribution in [1.29, 1.82) is 0 Å². The highest BCUT2D eigenvalue weighted by Crippen LogP contribution is 2.40. The van der Waals surface area contributed by atoms with Crippen LogP contribution in [0.1, 0.15) is 119 Å². The van der Waals surface area contributed by atoms with Crippen molar-refractivity contribution >= 4 is 0 Å². The molecule has 0 bridgehead atoms. The van der Waals surface area contributed by atoms with Gasteiger partial charge in [-0.3, -0.25) is 4.90 Å². The summed E-state index contributed by atoms with van der Waals surface area (Å²) in [5.74, 6) is 2.46. The maximum absolute atomic E-state index is 3.84. The van der Waals surface area contributed by atoms with Crippen LogP contribution in [0.5, 0.6) is 0 Å². The van der Waals surface area contributed by atoms with Crippen molar-refractivity contribution in [3.63, 3.8) is 0 Å². The molecule has 0 saturated carbocycles. The summed E-state index contributed by atoms with van der Waals surface area (Å²) in [5, 5.41) is 3.74. The minimum atomic E-state index is 0.373. The fourth-order valence-electron chi connectivity index (χ4n) is 6.06. The summed E-state index contributed by atoms with van der Waals surface area (Å²) < 4.78 is 0. The van der Waals surface area contributed by atoms with Crippen molar-refractivity contribution in [2.24, 2.45) is 23.7 Å². The molecular weight excluding hydrogens is 484 g/mol. The highest BCUT2D eigenvalue weighted by molar-refractivity contribution is 5.26. The van der Waals surface area contributed by atoms with E-state index in [1.165, 1.54) is 68.9 Å². The Kier molecular flexibility index (Phi) is 20.9. The molecule has 0 fully saturated rings. The van der Waals surface area contributed by atoms with Crippen LogP contribution in [0.3, 0.4) is 0 Å². The van der Waals surface area contributed by atoms with E-state index in [2.05, 4.69) is 114 Å². The molecule has 5 unspecified atom stereocenters. The van der Waals surface area contributed by atoms with Gasteiger partial charge in [-0.1, -0.05) is 115 Å². The first kappa shape index (κ1) is 36.4. The zero-order chi connectivity index (χ0) is 29.6. The average molecular weight is 551 g/mol. The zero-order valence-corrected chi connectivity index (χ0v) is 27.6. The van der Waals surface area contributed by atoms with Crippen molar-refractivity contribution in [3.05, 3.63) is 72.4 Å². The molecular formula is C38H66N2. The molecule has 0 spiro atoms. The lowest BCUT2D eigenvalue weighted by Crippen LogP contribution is -2.42. The van der Waals surface area contributed by atoms with Gasteiger partial charge in [0, 0.05) is 6.54 Å². The first-order valence-electron chi connectivity index (χ1n) is 16.9. The van der Waals surface area contributed by atoms with Crippen LogP contribution < -0.4 is 5.32 Å². The van der Waals surface area contributed by atoms with Crippen LogP contribution in [-0.2, 0) is 0 Å². The number of allylic oxidation sites excluding steroid dienone is 9. The van der Waals surface area contributed by atoms with E-state index in [-0.39, 0.29) is 0 Å².